The zero-order valence-electron chi connectivity index (χ0n) is 17.7. The first-order valence-corrected chi connectivity index (χ1v) is 11.7. The second-order valence-electron chi connectivity index (χ2n) is 7.75. The van der Waals surface area contributed by atoms with Gasteiger partial charge in [0.15, 0.2) is 0 Å². The molecule has 162 valence electrons. The molecule has 0 spiro atoms. The van der Waals surface area contributed by atoms with Crippen LogP contribution in [0.1, 0.15) is 39.1 Å². The third kappa shape index (κ3) is 4.38. The van der Waals surface area contributed by atoms with Crippen LogP contribution in [0, 0.1) is 5.92 Å². The van der Waals surface area contributed by atoms with Gasteiger partial charge in [-0.2, -0.15) is 9.71 Å². The number of hydrogen-bond acceptors (Lipinski definition) is 6. The SMILES string of the molecule is CCCn1cnc2cc(-c3noc([C@H](NS(=O)(=O)c4ccccc4)C(C)C)n3)ccc21. The molecule has 0 aliphatic carbocycles. The van der Waals surface area contributed by atoms with Gasteiger partial charge in [0.05, 0.1) is 22.3 Å². The zero-order valence-corrected chi connectivity index (χ0v) is 18.5. The molecule has 1 N–H and O–H groups in total. The summed E-state index contributed by atoms with van der Waals surface area (Å²) in [6, 6.07) is 13.4. The summed E-state index contributed by atoms with van der Waals surface area (Å²) < 4.78 is 35.8. The summed E-state index contributed by atoms with van der Waals surface area (Å²) >= 11 is 0. The summed E-state index contributed by atoms with van der Waals surface area (Å²) in [7, 11) is -3.73. The second-order valence-corrected chi connectivity index (χ2v) is 9.47. The Morgan fingerprint density at radius 1 is 1.13 bits per heavy atom. The van der Waals surface area contributed by atoms with Crippen LogP contribution in [0.15, 0.2) is 64.3 Å². The van der Waals surface area contributed by atoms with Gasteiger partial charge in [0.25, 0.3) is 0 Å². The van der Waals surface area contributed by atoms with Crippen molar-refractivity contribution in [1.82, 2.24) is 24.4 Å². The molecule has 2 heterocycles. The van der Waals surface area contributed by atoms with E-state index in [0.717, 1.165) is 29.6 Å². The lowest BCUT2D eigenvalue weighted by Gasteiger charge is -2.18. The Balaban J connectivity index is 1.62. The molecular weight excluding hydrogens is 414 g/mol. The molecule has 0 saturated heterocycles. The van der Waals surface area contributed by atoms with E-state index in [1.54, 1.807) is 30.3 Å². The van der Waals surface area contributed by atoms with Crippen LogP contribution in [0.3, 0.4) is 0 Å². The maximum atomic E-state index is 12.8. The lowest BCUT2D eigenvalue weighted by Crippen LogP contribution is -2.32. The lowest BCUT2D eigenvalue weighted by atomic mass is 10.1. The molecule has 8 nitrogen and oxygen atoms in total. The Kier molecular flexibility index (Phi) is 5.88. The number of rotatable bonds is 8. The van der Waals surface area contributed by atoms with Crippen LogP contribution in [-0.2, 0) is 16.6 Å². The summed E-state index contributed by atoms with van der Waals surface area (Å²) in [5.41, 5.74) is 2.66. The third-order valence-electron chi connectivity index (χ3n) is 5.05. The molecule has 0 unspecified atom stereocenters. The van der Waals surface area contributed by atoms with E-state index in [1.165, 1.54) is 0 Å². The first kappa shape index (κ1) is 21.2. The Morgan fingerprint density at radius 2 is 1.90 bits per heavy atom. The molecule has 31 heavy (non-hydrogen) atoms. The molecule has 0 fully saturated rings. The number of aryl methyl sites for hydroxylation is 1. The van der Waals surface area contributed by atoms with Crippen molar-refractivity contribution in [3.63, 3.8) is 0 Å². The van der Waals surface area contributed by atoms with Crippen molar-refractivity contribution in [3.05, 3.63) is 60.7 Å². The molecule has 4 rings (SSSR count). The molecule has 0 bridgehead atoms. The van der Waals surface area contributed by atoms with Gasteiger partial charge in [0, 0.05) is 12.1 Å². The number of sulfonamides is 1. The molecule has 0 amide bonds. The number of benzene rings is 2. The van der Waals surface area contributed by atoms with E-state index in [2.05, 4.69) is 31.3 Å². The maximum Gasteiger partial charge on any atom is 0.245 e. The van der Waals surface area contributed by atoms with Gasteiger partial charge in [-0.05, 0) is 42.7 Å². The van der Waals surface area contributed by atoms with E-state index in [1.807, 2.05) is 38.4 Å². The van der Waals surface area contributed by atoms with Crippen molar-refractivity contribution in [1.29, 1.82) is 0 Å². The van der Waals surface area contributed by atoms with Gasteiger partial charge in [-0.1, -0.05) is 44.1 Å². The quantitative estimate of drug-likeness (QED) is 0.442. The number of hydrogen-bond donors (Lipinski definition) is 1. The number of nitrogens with one attached hydrogen (secondary N) is 1. The molecule has 9 heteroatoms. The van der Waals surface area contributed by atoms with Crippen LogP contribution in [0.25, 0.3) is 22.4 Å². The summed E-state index contributed by atoms with van der Waals surface area (Å²) in [6.45, 7) is 6.82. The fraction of sp³-hybridized carbons (Fsp3) is 0.318. The minimum Gasteiger partial charge on any atom is -0.337 e. The lowest BCUT2D eigenvalue weighted by molar-refractivity contribution is 0.311. The Labute approximate surface area is 181 Å². The molecule has 2 aromatic carbocycles. The normalized spacial score (nSPS) is 13.2. The number of nitrogens with zero attached hydrogens (tertiary/aromatic N) is 4. The average molecular weight is 440 g/mol. The van der Waals surface area contributed by atoms with Crippen molar-refractivity contribution in [2.24, 2.45) is 5.92 Å². The van der Waals surface area contributed by atoms with Gasteiger partial charge in [0.1, 0.15) is 6.04 Å². The molecular formula is C22H25N5O3S. The van der Waals surface area contributed by atoms with Crippen LogP contribution in [0.2, 0.25) is 0 Å². The van der Waals surface area contributed by atoms with E-state index in [-0.39, 0.29) is 16.7 Å². The van der Waals surface area contributed by atoms with Crippen molar-refractivity contribution in [3.8, 4) is 11.4 Å². The first-order valence-electron chi connectivity index (χ1n) is 10.3. The highest BCUT2D eigenvalue weighted by Gasteiger charge is 2.28. The van der Waals surface area contributed by atoms with E-state index in [0.29, 0.717) is 5.82 Å². The number of aromatic nitrogens is 4. The summed E-state index contributed by atoms with van der Waals surface area (Å²) in [6.07, 6.45) is 2.85. The standard InChI is InChI=1S/C22H25N5O3S/c1-4-12-27-14-23-18-13-16(10-11-19(18)27)21-24-22(30-25-21)20(15(2)3)26-31(28,29)17-8-6-5-7-9-17/h5-11,13-15,20,26H,4,12H2,1-3H3/t20-/m1/s1. The van der Waals surface area contributed by atoms with E-state index >= 15 is 0 Å². The van der Waals surface area contributed by atoms with Crippen LogP contribution in [-0.4, -0.2) is 28.1 Å². The zero-order chi connectivity index (χ0) is 22.0. The molecule has 0 aliphatic heterocycles. The van der Waals surface area contributed by atoms with Crippen LogP contribution in [0.4, 0.5) is 0 Å². The van der Waals surface area contributed by atoms with Crippen LogP contribution >= 0.6 is 0 Å². The van der Waals surface area contributed by atoms with Gasteiger partial charge < -0.3 is 9.09 Å². The molecule has 0 aliphatic rings. The fourth-order valence-corrected chi connectivity index (χ4v) is 4.77. The van der Waals surface area contributed by atoms with Crippen molar-refractivity contribution >= 4 is 21.1 Å². The smallest absolute Gasteiger partial charge is 0.245 e. The highest BCUT2D eigenvalue weighted by Crippen LogP contribution is 2.27. The highest BCUT2D eigenvalue weighted by molar-refractivity contribution is 7.89. The van der Waals surface area contributed by atoms with E-state index < -0.39 is 16.1 Å². The predicted octanol–water partition coefficient (Wildman–Crippen LogP) is 4.17. The van der Waals surface area contributed by atoms with Crippen molar-refractivity contribution in [2.45, 2.75) is 44.7 Å². The topological polar surface area (TPSA) is 103 Å². The van der Waals surface area contributed by atoms with Crippen molar-refractivity contribution in [2.75, 3.05) is 0 Å². The van der Waals surface area contributed by atoms with Gasteiger partial charge in [0.2, 0.25) is 21.7 Å². The average Bonchev–Trinajstić information content (AvgIpc) is 3.40. The monoisotopic (exact) mass is 439 g/mol. The summed E-state index contributed by atoms with van der Waals surface area (Å²) in [5.74, 6) is 0.520. The minimum atomic E-state index is -3.73. The summed E-state index contributed by atoms with van der Waals surface area (Å²) in [5, 5.41) is 4.09. The number of imidazole rings is 1. The van der Waals surface area contributed by atoms with Gasteiger partial charge >= 0.3 is 0 Å². The van der Waals surface area contributed by atoms with Crippen LogP contribution < -0.4 is 4.72 Å². The second kappa shape index (κ2) is 8.60. The number of fused-ring (bicyclic) bond motifs is 1. The molecule has 4 aromatic rings. The van der Waals surface area contributed by atoms with E-state index in [9.17, 15) is 8.42 Å². The van der Waals surface area contributed by atoms with E-state index in [4.69, 9.17) is 4.52 Å². The van der Waals surface area contributed by atoms with Gasteiger partial charge in [-0.15, -0.1) is 0 Å². The Morgan fingerprint density at radius 3 is 2.61 bits per heavy atom. The highest BCUT2D eigenvalue weighted by atomic mass is 32.2. The van der Waals surface area contributed by atoms with Crippen molar-refractivity contribution < 1.29 is 12.9 Å². The Bertz CT molecular complexity index is 1280. The maximum absolute atomic E-state index is 12.8. The van der Waals surface area contributed by atoms with Gasteiger partial charge in [-0.25, -0.2) is 13.4 Å². The largest absolute Gasteiger partial charge is 0.337 e. The van der Waals surface area contributed by atoms with Crippen LogP contribution in [0.5, 0.6) is 0 Å². The summed E-state index contributed by atoms with van der Waals surface area (Å²) in [4.78, 5) is 9.14. The molecule has 1 atom stereocenters. The molecule has 0 radical (unpaired) electrons. The third-order valence-corrected chi connectivity index (χ3v) is 6.51. The molecule has 2 aromatic heterocycles. The van der Waals surface area contributed by atoms with Gasteiger partial charge in [-0.3, -0.25) is 0 Å². The minimum absolute atomic E-state index is 0.0981. The Hall–Kier alpha value is -3.04. The predicted molar refractivity (Wildman–Crippen MR) is 118 cm³/mol. The first-order chi connectivity index (χ1) is 14.9. The molecule has 0 saturated carbocycles. The fourth-order valence-electron chi connectivity index (χ4n) is 3.41.